The molecule has 3 aromatic rings. The quantitative estimate of drug-likeness (QED) is 0.546. The number of ketones is 1. The molecule has 0 aliphatic rings. The fraction of sp³-hybridized carbons (Fsp3) is 0.0526. The minimum atomic E-state index is -0.0346. The van der Waals surface area contributed by atoms with Crippen molar-refractivity contribution in [2.45, 2.75) is 6.92 Å². The number of halogens is 1. The van der Waals surface area contributed by atoms with Crippen molar-refractivity contribution in [2.24, 2.45) is 0 Å². The molecule has 0 unspecified atom stereocenters. The van der Waals surface area contributed by atoms with E-state index in [1.165, 1.54) is 0 Å². The van der Waals surface area contributed by atoms with Crippen molar-refractivity contribution in [3.63, 3.8) is 0 Å². The number of aromatic nitrogens is 2. The highest BCUT2D eigenvalue weighted by molar-refractivity contribution is 6.30. The number of hydrogen-bond acceptors (Lipinski definition) is 2. The largest absolute Gasteiger partial charge is 0.289 e. The smallest absolute Gasteiger partial charge is 0.185 e. The Labute approximate surface area is 139 Å². The molecule has 0 aliphatic carbocycles. The van der Waals surface area contributed by atoms with Gasteiger partial charge in [0.25, 0.3) is 0 Å². The maximum absolute atomic E-state index is 12.1. The molecule has 4 heteroatoms. The van der Waals surface area contributed by atoms with Crippen molar-refractivity contribution >= 4 is 23.5 Å². The van der Waals surface area contributed by atoms with E-state index in [2.05, 4.69) is 10.2 Å². The predicted octanol–water partition coefficient (Wildman–Crippen LogP) is 4.93. The van der Waals surface area contributed by atoms with E-state index in [1.54, 1.807) is 12.2 Å². The molecule has 1 aromatic heterocycles. The Morgan fingerprint density at radius 1 is 1.09 bits per heavy atom. The Hall–Kier alpha value is -2.65. The van der Waals surface area contributed by atoms with Crippen molar-refractivity contribution in [1.82, 2.24) is 10.2 Å². The predicted molar refractivity (Wildman–Crippen MR) is 93.6 cm³/mol. The van der Waals surface area contributed by atoms with Crippen LogP contribution in [0.25, 0.3) is 17.3 Å². The number of aryl methyl sites for hydroxylation is 1. The van der Waals surface area contributed by atoms with E-state index in [4.69, 9.17) is 11.6 Å². The Morgan fingerprint density at radius 2 is 1.78 bits per heavy atom. The Kier molecular flexibility index (Phi) is 4.40. The van der Waals surface area contributed by atoms with E-state index in [-0.39, 0.29) is 5.78 Å². The number of carbonyl (C=O) groups is 1. The van der Waals surface area contributed by atoms with Crippen molar-refractivity contribution < 1.29 is 4.79 Å². The molecule has 0 bridgehead atoms. The zero-order valence-electron chi connectivity index (χ0n) is 12.6. The number of carbonyl (C=O) groups excluding carboxylic acids is 1. The van der Waals surface area contributed by atoms with Crippen LogP contribution in [0.2, 0.25) is 5.02 Å². The number of benzene rings is 2. The number of nitrogens with one attached hydrogen (secondary N) is 1. The number of nitrogens with zero attached hydrogens (tertiary/aromatic N) is 1. The maximum Gasteiger partial charge on any atom is 0.185 e. The normalized spacial score (nSPS) is 11.0. The summed E-state index contributed by atoms with van der Waals surface area (Å²) in [7, 11) is 0. The molecule has 114 valence electrons. The summed E-state index contributed by atoms with van der Waals surface area (Å²) in [6.45, 7) is 1.99. The van der Waals surface area contributed by atoms with Gasteiger partial charge in [-0.15, -0.1) is 0 Å². The van der Waals surface area contributed by atoms with Gasteiger partial charge < -0.3 is 0 Å². The molecule has 0 aliphatic heterocycles. The fourth-order valence-electron chi connectivity index (χ4n) is 2.17. The molecule has 0 saturated heterocycles. The molecule has 0 radical (unpaired) electrons. The second-order valence-electron chi connectivity index (χ2n) is 5.28. The van der Waals surface area contributed by atoms with Gasteiger partial charge in [-0.3, -0.25) is 9.89 Å². The lowest BCUT2D eigenvalue weighted by molar-refractivity contribution is 0.104. The van der Waals surface area contributed by atoms with Gasteiger partial charge in [-0.25, -0.2) is 0 Å². The highest BCUT2D eigenvalue weighted by Gasteiger charge is 2.04. The molecule has 3 rings (SSSR count). The molecule has 1 heterocycles. The third-order valence-corrected chi connectivity index (χ3v) is 3.74. The van der Waals surface area contributed by atoms with Crippen LogP contribution in [0.5, 0.6) is 0 Å². The first-order valence-electron chi connectivity index (χ1n) is 7.22. The first-order chi connectivity index (χ1) is 11.1. The molecule has 0 atom stereocenters. The van der Waals surface area contributed by atoms with Gasteiger partial charge in [0.1, 0.15) is 0 Å². The molecule has 0 spiro atoms. The number of allylic oxidation sites excluding steroid dienone is 1. The topological polar surface area (TPSA) is 45.8 Å². The number of aromatic amines is 1. The summed E-state index contributed by atoms with van der Waals surface area (Å²) in [5.41, 5.74) is 4.35. The summed E-state index contributed by atoms with van der Waals surface area (Å²) in [6, 6.07) is 16.9. The average molecular weight is 323 g/mol. The lowest BCUT2D eigenvalue weighted by atomic mass is 10.1. The van der Waals surface area contributed by atoms with Crippen LogP contribution in [0.3, 0.4) is 0 Å². The highest BCUT2D eigenvalue weighted by Crippen LogP contribution is 2.20. The SMILES string of the molecule is Cc1ccc(C(=O)/C=C/c2cc(-c3ccc(Cl)cc3)n[nH]2)cc1. The van der Waals surface area contributed by atoms with E-state index < -0.39 is 0 Å². The third kappa shape index (κ3) is 3.76. The number of hydrogen-bond donors (Lipinski definition) is 1. The summed E-state index contributed by atoms with van der Waals surface area (Å²) < 4.78 is 0. The van der Waals surface area contributed by atoms with Crippen LogP contribution in [0.4, 0.5) is 0 Å². The van der Waals surface area contributed by atoms with Crippen LogP contribution >= 0.6 is 11.6 Å². The number of rotatable bonds is 4. The third-order valence-electron chi connectivity index (χ3n) is 3.49. The molecular formula is C19H15ClN2O. The van der Waals surface area contributed by atoms with Crippen molar-refractivity contribution in [3.8, 4) is 11.3 Å². The van der Waals surface area contributed by atoms with E-state index in [9.17, 15) is 4.79 Å². The minimum absolute atomic E-state index is 0.0346. The van der Waals surface area contributed by atoms with Gasteiger partial charge in [0.15, 0.2) is 5.78 Å². The van der Waals surface area contributed by atoms with E-state index in [0.29, 0.717) is 10.6 Å². The van der Waals surface area contributed by atoms with Crippen molar-refractivity contribution in [2.75, 3.05) is 0 Å². The first-order valence-corrected chi connectivity index (χ1v) is 7.60. The molecule has 1 N–H and O–H groups in total. The molecule has 3 nitrogen and oxygen atoms in total. The highest BCUT2D eigenvalue weighted by atomic mass is 35.5. The summed E-state index contributed by atoms with van der Waals surface area (Å²) in [5.74, 6) is -0.0346. The second-order valence-corrected chi connectivity index (χ2v) is 5.72. The van der Waals surface area contributed by atoms with Crippen LogP contribution < -0.4 is 0 Å². The van der Waals surface area contributed by atoms with Crippen LogP contribution in [0.1, 0.15) is 21.6 Å². The van der Waals surface area contributed by atoms with Gasteiger partial charge in [-0.1, -0.05) is 53.6 Å². The van der Waals surface area contributed by atoms with Crippen LogP contribution in [-0.2, 0) is 0 Å². The Balaban J connectivity index is 1.74. The summed E-state index contributed by atoms with van der Waals surface area (Å²) in [4.78, 5) is 12.1. The lowest BCUT2D eigenvalue weighted by Gasteiger charge is -1.96. The molecule has 2 aromatic carbocycles. The molecule has 0 fully saturated rings. The average Bonchev–Trinajstić information content (AvgIpc) is 3.03. The van der Waals surface area contributed by atoms with Gasteiger partial charge in [0, 0.05) is 16.1 Å². The summed E-state index contributed by atoms with van der Waals surface area (Å²) in [6.07, 6.45) is 3.28. The van der Waals surface area contributed by atoms with Crippen LogP contribution in [0.15, 0.2) is 60.7 Å². The van der Waals surface area contributed by atoms with E-state index in [0.717, 1.165) is 22.5 Å². The second kappa shape index (κ2) is 6.63. The number of H-pyrrole nitrogens is 1. The van der Waals surface area contributed by atoms with Gasteiger partial charge in [0.2, 0.25) is 0 Å². The summed E-state index contributed by atoms with van der Waals surface area (Å²) >= 11 is 5.88. The molecule has 0 amide bonds. The van der Waals surface area contributed by atoms with Crippen molar-refractivity contribution in [3.05, 3.63) is 82.5 Å². The van der Waals surface area contributed by atoms with E-state index in [1.807, 2.05) is 61.5 Å². The Bertz CT molecular complexity index is 846. The van der Waals surface area contributed by atoms with Crippen LogP contribution in [-0.4, -0.2) is 16.0 Å². The maximum atomic E-state index is 12.1. The molecule has 0 saturated carbocycles. The Morgan fingerprint density at radius 3 is 2.48 bits per heavy atom. The van der Waals surface area contributed by atoms with Crippen molar-refractivity contribution in [1.29, 1.82) is 0 Å². The minimum Gasteiger partial charge on any atom is -0.289 e. The van der Waals surface area contributed by atoms with E-state index >= 15 is 0 Å². The fourth-order valence-corrected chi connectivity index (χ4v) is 2.30. The molecular weight excluding hydrogens is 308 g/mol. The monoisotopic (exact) mass is 322 g/mol. The first kappa shape index (κ1) is 15.3. The van der Waals surface area contributed by atoms with Gasteiger partial charge in [0.05, 0.1) is 11.4 Å². The standard InChI is InChI=1S/C19H15ClN2O/c1-13-2-4-15(5-3-13)19(23)11-10-17-12-18(22-21-17)14-6-8-16(20)9-7-14/h2-12H,1H3,(H,21,22)/b11-10+. The zero-order valence-corrected chi connectivity index (χ0v) is 13.3. The van der Waals surface area contributed by atoms with Gasteiger partial charge in [-0.05, 0) is 37.3 Å². The van der Waals surface area contributed by atoms with Crippen LogP contribution in [0, 0.1) is 6.92 Å². The van der Waals surface area contributed by atoms with Gasteiger partial charge in [-0.2, -0.15) is 5.10 Å². The van der Waals surface area contributed by atoms with Gasteiger partial charge >= 0.3 is 0 Å². The lowest BCUT2D eigenvalue weighted by Crippen LogP contribution is -1.93. The summed E-state index contributed by atoms with van der Waals surface area (Å²) in [5, 5.41) is 7.85. The zero-order chi connectivity index (χ0) is 16.2. The molecule has 23 heavy (non-hydrogen) atoms.